The number of primary amides is 1. The molecule has 4 nitrogen and oxygen atoms in total. The molecule has 0 aliphatic heterocycles. The van der Waals surface area contributed by atoms with E-state index in [2.05, 4.69) is 0 Å². The van der Waals surface area contributed by atoms with Gasteiger partial charge in [-0.1, -0.05) is 0 Å². The Morgan fingerprint density at radius 3 is 1.80 bits per heavy atom. The molecule has 0 saturated carbocycles. The van der Waals surface area contributed by atoms with E-state index in [1.54, 1.807) is 0 Å². The van der Waals surface area contributed by atoms with Crippen LogP contribution in [0.1, 0.15) is 13.8 Å². The van der Waals surface area contributed by atoms with Gasteiger partial charge in [-0.15, -0.1) is 0 Å². The van der Waals surface area contributed by atoms with Gasteiger partial charge in [0, 0.05) is 10.7 Å². The predicted molar refractivity (Wildman–Crippen MR) is 38.0 cm³/mol. The molecule has 2 N–H and O–H groups in total. The summed E-state index contributed by atoms with van der Waals surface area (Å²) in [4.78, 5) is 10.4. The molecule has 10 heavy (non-hydrogen) atoms. The van der Waals surface area contributed by atoms with Gasteiger partial charge in [0.25, 0.3) is 0 Å². The van der Waals surface area contributed by atoms with Gasteiger partial charge in [0.15, 0.2) is 4.75 Å². The largest absolute Gasteiger partial charge is 0.368 e. The smallest absolute Gasteiger partial charge is 0.246 e. The fourth-order valence-electron chi connectivity index (χ4n) is 0.120. The van der Waals surface area contributed by atoms with Gasteiger partial charge in [0.2, 0.25) is 15.0 Å². The lowest BCUT2D eigenvalue weighted by Crippen LogP contribution is -2.42. The van der Waals surface area contributed by atoms with Crippen LogP contribution in [0.4, 0.5) is 0 Å². The van der Waals surface area contributed by atoms with Crippen molar-refractivity contribution in [2.75, 3.05) is 0 Å². The Morgan fingerprint density at radius 2 is 1.80 bits per heavy atom. The Hall–Kier alpha value is -0.290. The molecule has 0 aliphatic carbocycles. The number of carbonyl (C=O) groups is 1. The van der Waals surface area contributed by atoms with Crippen LogP contribution in [-0.2, 0) is 13.8 Å². The predicted octanol–water partition coefficient (Wildman–Crippen LogP) is -0.181. The van der Waals surface area contributed by atoms with Crippen LogP contribution in [0.3, 0.4) is 0 Å². The fraction of sp³-hybridized carbons (Fsp3) is 0.750. The lowest BCUT2D eigenvalue weighted by Gasteiger charge is -2.14. The molecule has 1 amide bonds. The topological polar surface area (TPSA) is 77.2 Å². The molecule has 0 radical (unpaired) electrons. The number of hydrogen-bond acceptors (Lipinski definition) is 3. The van der Waals surface area contributed by atoms with Crippen molar-refractivity contribution in [1.29, 1.82) is 0 Å². The molecular weight excluding hydrogens is 178 g/mol. The van der Waals surface area contributed by atoms with Crippen molar-refractivity contribution in [2.45, 2.75) is 18.6 Å². The maximum Gasteiger partial charge on any atom is 0.246 e. The summed E-state index contributed by atoms with van der Waals surface area (Å²) in [5, 5.41) is 0. The van der Waals surface area contributed by atoms with Crippen LogP contribution in [0.25, 0.3) is 0 Å². The maximum absolute atomic E-state index is 10.6. The van der Waals surface area contributed by atoms with E-state index in [4.69, 9.17) is 16.4 Å². The molecular formula is C4H8ClNO3S. The summed E-state index contributed by atoms with van der Waals surface area (Å²) < 4.78 is 19.4. The van der Waals surface area contributed by atoms with E-state index >= 15 is 0 Å². The Balaban J connectivity index is 4.95. The summed E-state index contributed by atoms with van der Waals surface area (Å²) in [6.45, 7) is 2.30. The minimum absolute atomic E-state index is 0.956. The zero-order valence-corrected chi connectivity index (χ0v) is 7.16. The van der Waals surface area contributed by atoms with E-state index < -0.39 is 19.7 Å². The molecule has 0 rings (SSSR count). The van der Waals surface area contributed by atoms with Crippen LogP contribution >= 0.6 is 10.7 Å². The normalized spacial score (nSPS) is 13.1. The van der Waals surface area contributed by atoms with Crippen molar-refractivity contribution in [3.05, 3.63) is 0 Å². The minimum atomic E-state index is -3.90. The Bertz CT molecular complexity index is 243. The highest BCUT2D eigenvalue weighted by molar-refractivity contribution is 8.15. The molecule has 0 aromatic heterocycles. The molecule has 0 spiro atoms. The molecule has 0 fully saturated rings. The van der Waals surface area contributed by atoms with Crippen molar-refractivity contribution >= 4 is 25.6 Å². The summed E-state index contributed by atoms with van der Waals surface area (Å²) in [6.07, 6.45) is 0. The average Bonchev–Trinajstić information content (AvgIpc) is 1.62. The molecule has 0 saturated heterocycles. The standard InChI is InChI=1S/C4H8ClNO3S/c1-4(2,3(6)7)10(5,8)9/h1-2H3,(H2,6,7). The van der Waals surface area contributed by atoms with Gasteiger partial charge in [-0.2, -0.15) is 0 Å². The second kappa shape index (κ2) is 2.39. The zero-order chi connectivity index (χ0) is 8.58. The van der Waals surface area contributed by atoms with Crippen molar-refractivity contribution in [1.82, 2.24) is 0 Å². The summed E-state index contributed by atoms with van der Waals surface area (Å²) in [7, 11) is 0.987. The number of rotatable bonds is 2. The van der Waals surface area contributed by atoms with Crippen LogP contribution in [-0.4, -0.2) is 19.1 Å². The van der Waals surface area contributed by atoms with Gasteiger partial charge >= 0.3 is 0 Å². The number of hydrogen-bond donors (Lipinski definition) is 1. The summed E-state index contributed by atoms with van der Waals surface area (Å²) in [6, 6.07) is 0. The van der Waals surface area contributed by atoms with E-state index in [0.717, 1.165) is 13.8 Å². The van der Waals surface area contributed by atoms with Crippen LogP contribution in [0.5, 0.6) is 0 Å². The van der Waals surface area contributed by atoms with Crippen LogP contribution in [0, 0.1) is 0 Å². The number of halogens is 1. The third-order valence-corrected chi connectivity index (χ3v) is 3.78. The van der Waals surface area contributed by atoms with Gasteiger partial charge in [0.05, 0.1) is 0 Å². The zero-order valence-electron chi connectivity index (χ0n) is 5.59. The van der Waals surface area contributed by atoms with Gasteiger partial charge < -0.3 is 5.73 Å². The molecule has 0 aromatic rings. The van der Waals surface area contributed by atoms with Gasteiger partial charge in [-0.3, -0.25) is 4.79 Å². The first-order chi connectivity index (χ1) is 4.19. The monoisotopic (exact) mass is 185 g/mol. The van der Waals surface area contributed by atoms with Crippen molar-refractivity contribution < 1.29 is 13.2 Å². The average molecular weight is 186 g/mol. The highest BCUT2D eigenvalue weighted by Gasteiger charge is 2.38. The molecule has 0 atom stereocenters. The van der Waals surface area contributed by atoms with Crippen molar-refractivity contribution in [3.8, 4) is 0 Å². The van der Waals surface area contributed by atoms with E-state index in [1.807, 2.05) is 0 Å². The first-order valence-corrected chi connectivity index (χ1v) is 4.74. The van der Waals surface area contributed by atoms with Gasteiger partial charge in [-0.05, 0) is 13.8 Å². The maximum atomic E-state index is 10.6. The SMILES string of the molecule is CC(C)(C(N)=O)S(=O)(=O)Cl. The Kier molecular flexibility index (Phi) is 2.32. The number of nitrogens with two attached hydrogens (primary N) is 1. The third kappa shape index (κ3) is 1.60. The second-order valence-corrected chi connectivity index (χ2v) is 5.43. The van der Waals surface area contributed by atoms with Crippen molar-refractivity contribution in [2.24, 2.45) is 5.73 Å². The lowest BCUT2D eigenvalue weighted by molar-refractivity contribution is -0.119. The molecule has 0 aliphatic rings. The van der Waals surface area contributed by atoms with Crippen LogP contribution in [0.2, 0.25) is 0 Å². The molecule has 0 heterocycles. The summed E-state index contributed by atoms with van der Waals surface area (Å²) in [5.74, 6) is -0.956. The first-order valence-electron chi connectivity index (χ1n) is 2.43. The van der Waals surface area contributed by atoms with E-state index in [-0.39, 0.29) is 0 Å². The summed E-state index contributed by atoms with van der Waals surface area (Å²) >= 11 is 0. The first kappa shape index (κ1) is 9.71. The fourth-order valence-corrected chi connectivity index (χ4v) is 0.589. The third-order valence-electron chi connectivity index (χ3n) is 1.20. The second-order valence-electron chi connectivity index (χ2n) is 2.31. The van der Waals surface area contributed by atoms with Crippen molar-refractivity contribution in [3.63, 3.8) is 0 Å². The Labute approximate surface area is 63.8 Å². The molecule has 0 unspecified atom stereocenters. The van der Waals surface area contributed by atoms with Gasteiger partial charge in [0.1, 0.15) is 0 Å². The van der Waals surface area contributed by atoms with Crippen LogP contribution < -0.4 is 5.73 Å². The molecule has 60 valence electrons. The number of amides is 1. The molecule has 6 heteroatoms. The lowest BCUT2D eigenvalue weighted by atomic mass is 10.2. The molecule has 0 aromatic carbocycles. The van der Waals surface area contributed by atoms with E-state index in [9.17, 15) is 13.2 Å². The van der Waals surface area contributed by atoms with E-state index in [1.165, 1.54) is 0 Å². The molecule has 0 bridgehead atoms. The quantitative estimate of drug-likeness (QED) is 0.607. The highest BCUT2D eigenvalue weighted by atomic mass is 35.7. The highest BCUT2D eigenvalue weighted by Crippen LogP contribution is 2.19. The minimum Gasteiger partial charge on any atom is -0.368 e. The number of carbonyl (C=O) groups excluding carboxylic acids is 1. The van der Waals surface area contributed by atoms with E-state index in [0.29, 0.717) is 0 Å². The summed E-state index contributed by atoms with van der Waals surface area (Å²) in [5.41, 5.74) is 4.75. The van der Waals surface area contributed by atoms with Gasteiger partial charge in [-0.25, -0.2) is 8.42 Å². The Morgan fingerprint density at radius 1 is 1.50 bits per heavy atom. The van der Waals surface area contributed by atoms with Crippen LogP contribution in [0.15, 0.2) is 0 Å².